The zero-order chi connectivity index (χ0) is 15.4. The van der Waals surface area contributed by atoms with E-state index < -0.39 is 0 Å². The van der Waals surface area contributed by atoms with Gasteiger partial charge in [0.2, 0.25) is 11.7 Å². The number of rotatable bonds is 4. The van der Waals surface area contributed by atoms with Crippen LogP contribution in [0.3, 0.4) is 0 Å². The predicted molar refractivity (Wildman–Crippen MR) is 77.8 cm³/mol. The van der Waals surface area contributed by atoms with Crippen LogP contribution in [0.5, 0.6) is 0 Å². The SMILES string of the molecule is CCC(CC)C(=O)N1CCN(C(=O)c2cc(C)no2)CC1. The zero-order valence-electron chi connectivity index (χ0n) is 13.0. The van der Waals surface area contributed by atoms with Crippen LogP contribution in [0.2, 0.25) is 0 Å². The molecule has 0 spiro atoms. The lowest BCUT2D eigenvalue weighted by molar-refractivity contribution is -0.137. The molecular weight excluding hydrogens is 270 g/mol. The van der Waals surface area contributed by atoms with Crippen molar-refractivity contribution in [2.45, 2.75) is 33.6 Å². The molecule has 1 aromatic rings. The van der Waals surface area contributed by atoms with Gasteiger partial charge in [0.05, 0.1) is 5.69 Å². The van der Waals surface area contributed by atoms with Gasteiger partial charge in [0.1, 0.15) is 0 Å². The summed E-state index contributed by atoms with van der Waals surface area (Å²) in [7, 11) is 0. The van der Waals surface area contributed by atoms with Crippen molar-refractivity contribution in [1.29, 1.82) is 0 Å². The molecule has 2 rings (SSSR count). The van der Waals surface area contributed by atoms with Crippen molar-refractivity contribution in [3.8, 4) is 0 Å². The second-order valence-electron chi connectivity index (χ2n) is 5.46. The van der Waals surface area contributed by atoms with Gasteiger partial charge in [-0.1, -0.05) is 19.0 Å². The Morgan fingerprint density at radius 3 is 2.24 bits per heavy atom. The van der Waals surface area contributed by atoms with Crippen LogP contribution >= 0.6 is 0 Å². The first-order valence-electron chi connectivity index (χ1n) is 7.58. The van der Waals surface area contributed by atoms with E-state index in [1.165, 1.54) is 0 Å². The molecule has 0 radical (unpaired) electrons. The van der Waals surface area contributed by atoms with Crippen LogP contribution in [-0.2, 0) is 4.79 Å². The number of amides is 2. The molecule has 0 atom stereocenters. The maximum Gasteiger partial charge on any atom is 0.292 e. The molecule has 1 aliphatic rings. The van der Waals surface area contributed by atoms with Gasteiger partial charge < -0.3 is 14.3 Å². The zero-order valence-corrected chi connectivity index (χ0v) is 13.0. The van der Waals surface area contributed by atoms with Gasteiger partial charge in [-0.3, -0.25) is 9.59 Å². The summed E-state index contributed by atoms with van der Waals surface area (Å²) in [6.07, 6.45) is 1.73. The average Bonchev–Trinajstić information content (AvgIpc) is 2.94. The van der Waals surface area contributed by atoms with Gasteiger partial charge in [0, 0.05) is 38.2 Å². The van der Waals surface area contributed by atoms with Crippen molar-refractivity contribution in [3.05, 3.63) is 17.5 Å². The third-order valence-electron chi connectivity index (χ3n) is 4.05. The monoisotopic (exact) mass is 293 g/mol. The highest BCUT2D eigenvalue weighted by atomic mass is 16.5. The first-order chi connectivity index (χ1) is 10.1. The Kier molecular flexibility index (Phi) is 4.98. The minimum Gasteiger partial charge on any atom is -0.351 e. The number of carbonyl (C=O) groups is 2. The second-order valence-corrected chi connectivity index (χ2v) is 5.46. The van der Waals surface area contributed by atoms with Crippen molar-refractivity contribution in [1.82, 2.24) is 15.0 Å². The van der Waals surface area contributed by atoms with Gasteiger partial charge in [-0.15, -0.1) is 0 Å². The Labute approximate surface area is 125 Å². The van der Waals surface area contributed by atoms with Crippen LogP contribution in [0, 0.1) is 12.8 Å². The molecule has 1 aliphatic heterocycles. The van der Waals surface area contributed by atoms with Crippen LogP contribution in [0.1, 0.15) is 42.9 Å². The lowest BCUT2D eigenvalue weighted by Gasteiger charge is -2.35. The summed E-state index contributed by atoms with van der Waals surface area (Å²) in [5, 5.41) is 3.73. The highest BCUT2D eigenvalue weighted by molar-refractivity contribution is 5.91. The minimum atomic E-state index is -0.148. The Morgan fingerprint density at radius 1 is 1.19 bits per heavy atom. The van der Waals surface area contributed by atoms with E-state index in [-0.39, 0.29) is 23.5 Å². The molecular formula is C15H23N3O3. The van der Waals surface area contributed by atoms with Crippen molar-refractivity contribution < 1.29 is 14.1 Å². The summed E-state index contributed by atoms with van der Waals surface area (Å²) in [4.78, 5) is 28.1. The molecule has 21 heavy (non-hydrogen) atoms. The summed E-state index contributed by atoms with van der Waals surface area (Å²) in [6, 6.07) is 1.64. The van der Waals surface area contributed by atoms with Crippen LogP contribution in [0.25, 0.3) is 0 Å². The molecule has 2 heterocycles. The van der Waals surface area contributed by atoms with Crippen LogP contribution < -0.4 is 0 Å². The largest absolute Gasteiger partial charge is 0.351 e. The second kappa shape index (κ2) is 6.74. The molecule has 1 saturated heterocycles. The van der Waals surface area contributed by atoms with Gasteiger partial charge in [0.25, 0.3) is 5.91 Å². The first kappa shape index (κ1) is 15.5. The molecule has 6 heteroatoms. The Bertz CT molecular complexity index is 500. The van der Waals surface area contributed by atoms with E-state index >= 15 is 0 Å². The third kappa shape index (κ3) is 3.43. The fourth-order valence-electron chi connectivity index (χ4n) is 2.65. The van der Waals surface area contributed by atoms with Crippen molar-refractivity contribution in [2.75, 3.05) is 26.2 Å². The molecule has 1 fully saturated rings. The fourth-order valence-corrected chi connectivity index (χ4v) is 2.65. The topological polar surface area (TPSA) is 66.7 Å². The Hall–Kier alpha value is -1.85. The van der Waals surface area contributed by atoms with Gasteiger partial charge in [-0.05, 0) is 19.8 Å². The molecule has 0 unspecified atom stereocenters. The number of hydrogen-bond acceptors (Lipinski definition) is 4. The molecule has 0 aliphatic carbocycles. The first-order valence-corrected chi connectivity index (χ1v) is 7.58. The normalized spacial score (nSPS) is 15.6. The lowest BCUT2D eigenvalue weighted by Crippen LogP contribution is -2.51. The molecule has 1 aromatic heterocycles. The summed E-state index contributed by atoms with van der Waals surface area (Å²) >= 11 is 0. The molecule has 0 aromatic carbocycles. The van der Waals surface area contributed by atoms with Crippen molar-refractivity contribution in [3.63, 3.8) is 0 Å². The molecule has 2 amide bonds. The highest BCUT2D eigenvalue weighted by Crippen LogP contribution is 2.15. The van der Waals surface area contributed by atoms with Gasteiger partial charge in [-0.25, -0.2) is 0 Å². The van der Waals surface area contributed by atoms with E-state index in [9.17, 15) is 9.59 Å². The minimum absolute atomic E-state index is 0.101. The number of hydrogen-bond donors (Lipinski definition) is 0. The van der Waals surface area contributed by atoms with E-state index in [1.807, 2.05) is 18.7 Å². The maximum atomic E-state index is 12.3. The average molecular weight is 293 g/mol. The van der Waals surface area contributed by atoms with E-state index in [1.54, 1.807) is 17.9 Å². The van der Waals surface area contributed by atoms with Gasteiger partial charge in [0.15, 0.2) is 0 Å². The number of carbonyl (C=O) groups excluding carboxylic acids is 2. The predicted octanol–water partition coefficient (Wildman–Crippen LogP) is 1.70. The summed E-state index contributed by atoms with van der Waals surface area (Å²) in [5.41, 5.74) is 0.695. The van der Waals surface area contributed by atoms with Gasteiger partial charge in [-0.2, -0.15) is 0 Å². The number of aryl methyl sites for hydroxylation is 1. The summed E-state index contributed by atoms with van der Waals surface area (Å²) < 4.78 is 5.00. The molecule has 0 bridgehead atoms. The smallest absolute Gasteiger partial charge is 0.292 e. The third-order valence-corrected chi connectivity index (χ3v) is 4.05. The van der Waals surface area contributed by atoms with E-state index in [4.69, 9.17) is 4.52 Å². The lowest BCUT2D eigenvalue weighted by atomic mass is 10.0. The molecule has 0 N–H and O–H groups in total. The quantitative estimate of drug-likeness (QED) is 0.847. The van der Waals surface area contributed by atoms with Crippen molar-refractivity contribution in [2.24, 2.45) is 5.92 Å². The molecule has 116 valence electrons. The molecule has 0 saturated carbocycles. The number of piperazine rings is 1. The Balaban J connectivity index is 1.91. The van der Waals surface area contributed by atoms with Crippen LogP contribution in [0.4, 0.5) is 0 Å². The Morgan fingerprint density at radius 2 is 1.76 bits per heavy atom. The summed E-state index contributed by atoms with van der Waals surface area (Å²) in [6.45, 7) is 8.14. The van der Waals surface area contributed by atoms with Crippen molar-refractivity contribution >= 4 is 11.8 Å². The van der Waals surface area contributed by atoms with E-state index in [0.717, 1.165) is 12.8 Å². The molecule has 6 nitrogen and oxygen atoms in total. The number of nitrogens with zero attached hydrogens (tertiary/aromatic N) is 3. The van der Waals surface area contributed by atoms with E-state index in [0.29, 0.717) is 31.9 Å². The fraction of sp³-hybridized carbons (Fsp3) is 0.667. The van der Waals surface area contributed by atoms with E-state index in [2.05, 4.69) is 5.16 Å². The highest BCUT2D eigenvalue weighted by Gasteiger charge is 2.28. The number of aromatic nitrogens is 1. The summed E-state index contributed by atoms with van der Waals surface area (Å²) in [5.74, 6) is 0.435. The van der Waals surface area contributed by atoms with Gasteiger partial charge >= 0.3 is 0 Å². The maximum absolute atomic E-state index is 12.3. The van der Waals surface area contributed by atoms with Crippen LogP contribution in [-0.4, -0.2) is 52.9 Å². The van der Waals surface area contributed by atoms with Crippen LogP contribution in [0.15, 0.2) is 10.6 Å². The standard InChI is InChI=1S/C15H23N3O3/c1-4-12(5-2)14(19)17-6-8-18(9-7-17)15(20)13-10-11(3)16-21-13/h10,12H,4-9H2,1-3H3.